The Morgan fingerprint density at radius 2 is 2.50 bits per heavy atom. The van der Waals surface area contributed by atoms with E-state index in [2.05, 4.69) is 0 Å². The molecule has 1 radical (unpaired) electrons. The molecule has 10 heavy (non-hydrogen) atoms. The van der Waals surface area contributed by atoms with E-state index < -0.39 is 6.29 Å². The highest BCUT2D eigenvalue weighted by Crippen LogP contribution is 2.01. The maximum atomic E-state index is 10.7. The summed E-state index contributed by atoms with van der Waals surface area (Å²) in [5, 5.41) is 19.2. The monoisotopic (exact) mass is 146 g/mol. The number of β-amino-alcohol motifs (C(OH)–C–C–N with tert-alkyl or cyclic N) is 1. The summed E-state index contributed by atoms with van der Waals surface area (Å²) in [4.78, 5) is 1.90. The number of aliphatic hydroxyl groups excluding tert-OH is 1. The Balaban J connectivity index is 2.18. The van der Waals surface area contributed by atoms with E-state index in [0.717, 1.165) is 6.54 Å². The Labute approximate surface area is 60.0 Å². The van der Waals surface area contributed by atoms with E-state index in [1.165, 1.54) is 0 Å². The second-order valence-electron chi connectivity index (χ2n) is 2.32. The topological polar surface area (TPSA) is 52.6 Å². The molecule has 1 fully saturated rings. The maximum absolute atomic E-state index is 10.7. The second kappa shape index (κ2) is 3.88. The van der Waals surface area contributed by atoms with Crippen molar-refractivity contribution in [3.63, 3.8) is 0 Å². The minimum Gasteiger partial charge on any atom is -0.395 e. The lowest BCUT2D eigenvalue weighted by molar-refractivity contribution is -0.179. The number of hydrogen-bond donors (Lipinski definition) is 1. The van der Waals surface area contributed by atoms with E-state index in [0.29, 0.717) is 19.7 Å². The largest absolute Gasteiger partial charge is 0.395 e. The van der Waals surface area contributed by atoms with Gasteiger partial charge in [-0.05, 0) is 0 Å². The maximum Gasteiger partial charge on any atom is 0.204 e. The number of aliphatic hydroxyl groups is 1. The molecular weight excluding hydrogens is 134 g/mol. The second-order valence-corrected chi connectivity index (χ2v) is 2.32. The van der Waals surface area contributed by atoms with Crippen LogP contribution in [0.15, 0.2) is 0 Å². The normalized spacial score (nSPS) is 28.8. The zero-order chi connectivity index (χ0) is 7.40. The van der Waals surface area contributed by atoms with E-state index in [9.17, 15) is 5.11 Å². The number of nitrogens with zero attached hydrogens (tertiary/aromatic N) is 1. The molecule has 0 aromatic heterocycles. The third kappa shape index (κ3) is 2.22. The Morgan fingerprint density at radius 1 is 1.70 bits per heavy atom. The van der Waals surface area contributed by atoms with Crippen molar-refractivity contribution in [2.24, 2.45) is 0 Å². The van der Waals surface area contributed by atoms with Crippen molar-refractivity contribution < 1.29 is 14.9 Å². The predicted octanol–water partition coefficient (Wildman–Crippen LogP) is -0.932. The van der Waals surface area contributed by atoms with Gasteiger partial charge in [-0.15, -0.1) is 0 Å². The molecule has 1 saturated heterocycles. The molecule has 1 heterocycles. The summed E-state index contributed by atoms with van der Waals surface area (Å²) in [6.45, 7) is 2.36. The van der Waals surface area contributed by atoms with Gasteiger partial charge in [-0.25, -0.2) is 5.11 Å². The van der Waals surface area contributed by atoms with Crippen LogP contribution in [0.5, 0.6) is 0 Å². The van der Waals surface area contributed by atoms with Gasteiger partial charge in [-0.3, -0.25) is 4.90 Å². The summed E-state index contributed by atoms with van der Waals surface area (Å²) in [6, 6.07) is 0. The lowest BCUT2D eigenvalue weighted by Gasteiger charge is -2.28. The summed E-state index contributed by atoms with van der Waals surface area (Å²) < 4.78 is 4.78. The molecule has 0 aliphatic carbocycles. The van der Waals surface area contributed by atoms with E-state index in [1.54, 1.807) is 0 Å². The number of morpholine rings is 1. The van der Waals surface area contributed by atoms with Crippen molar-refractivity contribution >= 4 is 0 Å². The van der Waals surface area contributed by atoms with Crippen molar-refractivity contribution in [3.05, 3.63) is 0 Å². The van der Waals surface area contributed by atoms with Crippen molar-refractivity contribution in [3.8, 4) is 0 Å². The Hall–Kier alpha value is -0.160. The fourth-order valence-electron chi connectivity index (χ4n) is 1.01. The molecule has 1 atom stereocenters. The average Bonchev–Trinajstić information content (AvgIpc) is 1.88. The quantitative estimate of drug-likeness (QED) is 0.547. The lowest BCUT2D eigenvalue weighted by atomic mass is 10.4. The fourth-order valence-corrected chi connectivity index (χ4v) is 1.01. The molecule has 0 spiro atoms. The fraction of sp³-hybridized carbons (Fsp3) is 1.00. The zero-order valence-electron chi connectivity index (χ0n) is 5.82. The third-order valence-electron chi connectivity index (χ3n) is 1.53. The van der Waals surface area contributed by atoms with Crippen LogP contribution in [-0.4, -0.2) is 49.1 Å². The summed E-state index contributed by atoms with van der Waals surface area (Å²) in [6.07, 6.45) is -0.916. The Kier molecular flexibility index (Phi) is 3.08. The van der Waals surface area contributed by atoms with Gasteiger partial charge in [-0.1, -0.05) is 0 Å². The summed E-state index contributed by atoms with van der Waals surface area (Å²) >= 11 is 0. The Bertz CT molecular complexity index is 97.0. The van der Waals surface area contributed by atoms with Crippen LogP contribution in [0.1, 0.15) is 0 Å². The summed E-state index contributed by atoms with van der Waals surface area (Å²) in [5.41, 5.74) is 0. The molecule has 1 aliphatic heterocycles. The van der Waals surface area contributed by atoms with Crippen LogP contribution in [0.4, 0.5) is 0 Å². The van der Waals surface area contributed by atoms with Crippen LogP contribution in [0.2, 0.25) is 0 Å². The van der Waals surface area contributed by atoms with Gasteiger partial charge in [0.25, 0.3) is 0 Å². The molecule has 59 valence electrons. The van der Waals surface area contributed by atoms with Crippen LogP contribution >= 0.6 is 0 Å². The van der Waals surface area contributed by atoms with Crippen molar-refractivity contribution in [2.45, 2.75) is 6.29 Å². The summed E-state index contributed by atoms with van der Waals surface area (Å²) in [7, 11) is 0. The minimum atomic E-state index is -0.916. The molecule has 1 N–H and O–H groups in total. The highest BCUT2D eigenvalue weighted by Gasteiger charge is 2.17. The van der Waals surface area contributed by atoms with Gasteiger partial charge < -0.3 is 9.84 Å². The van der Waals surface area contributed by atoms with E-state index >= 15 is 0 Å². The van der Waals surface area contributed by atoms with Gasteiger partial charge in [-0.2, -0.15) is 0 Å². The first-order chi connectivity index (χ1) is 4.83. The van der Waals surface area contributed by atoms with Gasteiger partial charge in [0.1, 0.15) is 0 Å². The van der Waals surface area contributed by atoms with Gasteiger partial charge in [0.2, 0.25) is 6.29 Å². The third-order valence-corrected chi connectivity index (χ3v) is 1.53. The molecule has 1 unspecified atom stereocenters. The predicted molar refractivity (Wildman–Crippen MR) is 34.0 cm³/mol. The van der Waals surface area contributed by atoms with Gasteiger partial charge in [0.05, 0.1) is 19.8 Å². The molecule has 0 aromatic carbocycles. The lowest BCUT2D eigenvalue weighted by Crippen LogP contribution is -2.42. The van der Waals surface area contributed by atoms with Crippen molar-refractivity contribution in [1.29, 1.82) is 0 Å². The SMILES string of the molecule is [O]C1CN(CCO)CCO1. The molecule has 1 aliphatic rings. The molecule has 0 aromatic rings. The molecule has 0 bridgehead atoms. The first kappa shape index (κ1) is 7.94. The van der Waals surface area contributed by atoms with Crippen molar-refractivity contribution in [2.75, 3.05) is 32.8 Å². The molecular formula is C6H12NO3. The average molecular weight is 146 g/mol. The molecule has 1 rings (SSSR count). The van der Waals surface area contributed by atoms with Gasteiger partial charge >= 0.3 is 0 Å². The Morgan fingerprint density at radius 3 is 3.10 bits per heavy atom. The van der Waals surface area contributed by atoms with Crippen LogP contribution in [0, 0.1) is 0 Å². The standard InChI is InChI=1S/C6H12NO3/c8-3-1-7-2-4-10-6(9)5-7/h6,8H,1-5H2. The molecule has 4 heteroatoms. The van der Waals surface area contributed by atoms with Crippen LogP contribution in [0.3, 0.4) is 0 Å². The molecule has 4 nitrogen and oxygen atoms in total. The van der Waals surface area contributed by atoms with Crippen LogP contribution in [0.25, 0.3) is 0 Å². The van der Waals surface area contributed by atoms with Gasteiger partial charge in [0.15, 0.2) is 0 Å². The van der Waals surface area contributed by atoms with Crippen LogP contribution in [-0.2, 0) is 9.84 Å². The first-order valence-electron chi connectivity index (χ1n) is 3.43. The molecule has 0 saturated carbocycles. The van der Waals surface area contributed by atoms with Crippen molar-refractivity contribution in [1.82, 2.24) is 4.90 Å². The first-order valence-corrected chi connectivity index (χ1v) is 3.43. The number of hydrogen-bond acceptors (Lipinski definition) is 3. The van der Waals surface area contributed by atoms with E-state index in [-0.39, 0.29) is 6.61 Å². The van der Waals surface area contributed by atoms with E-state index in [1.807, 2.05) is 4.90 Å². The van der Waals surface area contributed by atoms with E-state index in [4.69, 9.17) is 9.84 Å². The molecule has 0 amide bonds. The zero-order valence-corrected chi connectivity index (χ0v) is 5.82. The number of ether oxygens (including phenoxy) is 1. The van der Waals surface area contributed by atoms with Crippen LogP contribution < -0.4 is 0 Å². The highest BCUT2D eigenvalue weighted by molar-refractivity contribution is 4.62. The van der Waals surface area contributed by atoms with Gasteiger partial charge in [0, 0.05) is 13.1 Å². The summed E-state index contributed by atoms with van der Waals surface area (Å²) in [5.74, 6) is 0. The highest BCUT2D eigenvalue weighted by atomic mass is 16.6. The minimum absolute atomic E-state index is 0.118. The number of rotatable bonds is 2. The smallest absolute Gasteiger partial charge is 0.204 e.